The molecule has 9 heteroatoms. The van der Waals surface area contributed by atoms with E-state index >= 15 is 0 Å². The second-order valence-electron chi connectivity index (χ2n) is 7.36. The van der Waals surface area contributed by atoms with Gasteiger partial charge in [0.2, 0.25) is 5.91 Å². The number of hydrogen-bond acceptors (Lipinski definition) is 3. The Kier molecular flexibility index (Phi) is 6.41. The maximum atomic E-state index is 13.4. The van der Waals surface area contributed by atoms with Crippen LogP contribution >= 0.6 is 0 Å². The molecule has 3 aromatic rings. The van der Waals surface area contributed by atoms with Crippen LogP contribution in [0.5, 0.6) is 0 Å². The molecule has 0 atom stereocenters. The van der Waals surface area contributed by atoms with Crippen LogP contribution in [0.3, 0.4) is 0 Å². The van der Waals surface area contributed by atoms with Gasteiger partial charge in [-0.2, -0.15) is 13.2 Å². The minimum Gasteiger partial charge on any atom is -0.326 e. The van der Waals surface area contributed by atoms with Crippen LogP contribution in [0.1, 0.15) is 16.7 Å². The van der Waals surface area contributed by atoms with Crippen molar-refractivity contribution in [2.24, 2.45) is 0 Å². The average molecular weight is 465 g/mol. The normalized spacial score (nSPS) is 11.9. The van der Waals surface area contributed by atoms with Crippen molar-refractivity contribution in [2.45, 2.75) is 24.4 Å². The smallest absolute Gasteiger partial charge is 0.326 e. The van der Waals surface area contributed by atoms with Crippen molar-refractivity contribution in [3.05, 3.63) is 83.2 Å². The van der Waals surface area contributed by atoms with Crippen LogP contribution in [0.2, 0.25) is 0 Å². The molecule has 32 heavy (non-hydrogen) atoms. The van der Waals surface area contributed by atoms with E-state index in [0.29, 0.717) is 22.9 Å². The number of carbonyl (C=O) groups excluding carboxylic acids is 1. The minimum absolute atomic E-state index is 0.0129. The van der Waals surface area contributed by atoms with E-state index in [1.54, 1.807) is 6.92 Å². The number of alkyl halides is 3. The van der Waals surface area contributed by atoms with Gasteiger partial charge in [-0.25, -0.2) is 12.8 Å². The highest BCUT2D eigenvalue weighted by Crippen LogP contribution is 2.39. The number of nitrogens with one attached hydrogen (secondary N) is 1. The quantitative estimate of drug-likeness (QED) is 0.513. The fourth-order valence-electron chi connectivity index (χ4n) is 3.27. The van der Waals surface area contributed by atoms with Crippen LogP contribution in [0.15, 0.2) is 65.6 Å². The van der Waals surface area contributed by atoms with Crippen molar-refractivity contribution < 1.29 is 30.8 Å². The molecule has 0 radical (unpaired) electrons. The molecule has 0 saturated heterocycles. The van der Waals surface area contributed by atoms with Gasteiger partial charge in [-0.3, -0.25) is 4.79 Å². The van der Waals surface area contributed by atoms with Gasteiger partial charge in [0, 0.05) is 11.9 Å². The zero-order chi connectivity index (χ0) is 23.7. The van der Waals surface area contributed by atoms with Crippen molar-refractivity contribution in [1.29, 1.82) is 0 Å². The summed E-state index contributed by atoms with van der Waals surface area (Å²) >= 11 is 0. The van der Waals surface area contributed by atoms with E-state index in [0.717, 1.165) is 18.4 Å². The number of hydrogen-bond donors (Lipinski definition) is 1. The first kappa shape index (κ1) is 23.5. The number of anilines is 1. The first-order chi connectivity index (χ1) is 14.8. The molecule has 0 fully saturated rings. The fourth-order valence-corrected chi connectivity index (χ4v) is 3.91. The highest BCUT2D eigenvalue weighted by Gasteiger charge is 2.34. The van der Waals surface area contributed by atoms with E-state index in [-0.39, 0.29) is 28.4 Å². The summed E-state index contributed by atoms with van der Waals surface area (Å²) in [5, 5.41) is 2.67. The predicted molar refractivity (Wildman–Crippen MR) is 113 cm³/mol. The van der Waals surface area contributed by atoms with Crippen LogP contribution in [0, 0.1) is 12.7 Å². The van der Waals surface area contributed by atoms with Crippen molar-refractivity contribution >= 4 is 21.4 Å². The summed E-state index contributed by atoms with van der Waals surface area (Å²) in [5.41, 5.74) is 0.503. The lowest BCUT2D eigenvalue weighted by Gasteiger charge is -2.16. The lowest BCUT2D eigenvalue weighted by Crippen LogP contribution is -2.14. The monoisotopic (exact) mass is 465 g/mol. The molecule has 0 aliphatic heterocycles. The molecule has 4 nitrogen and oxygen atoms in total. The number of aryl methyl sites for hydroxylation is 1. The molecule has 0 aliphatic carbocycles. The molecule has 0 spiro atoms. The number of benzene rings is 3. The van der Waals surface area contributed by atoms with Crippen molar-refractivity contribution in [2.75, 3.05) is 11.6 Å². The molecule has 1 amide bonds. The van der Waals surface area contributed by atoms with Crippen LogP contribution in [-0.2, 0) is 27.2 Å². The van der Waals surface area contributed by atoms with E-state index in [9.17, 15) is 30.8 Å². The Hall–Kier alpha value is -3.20. The van der Waals surface area contributed by atoms with Gasteiger partial charge in [0.15, 0.2) is 9.84 Å². The van der Waals surface area contributed by atoms with Gasteiger partial charge in [0.05, 0.1) is 16.9 Å². The number of carbonyl (C=O) groups is 1. The molecule has 0 bridgehead atoms. The summed E-state index contributed by atoms with van der Waals surface area (Å²) in [6.07, 6.45) is -3.64. The topological polar surface area (TPSA) is 63.2 Å². The summed E-state index contributed by atoms with van der Waals surface area (Å²) in [5.74, 6) is -1.35. The number of amides is 1. The Balaban J connectivity index is 1.78. The Labute approximate surface area is 182 Å². The number of rotatable bonds is 5. The Morgan fingerprint density at radius 2 is 1.56 bits per heavy atom. The molecule has 0 saturated carbocycles. The summed E-state index contributed by atoms with van der Waals surface area (Å²) in [6, 6.07) is 12.9. The standard InChI is InChI=1S/C23H19F4NO3S/c1-14-11-17(28-22(29)12-15-3-7-18(8-4-15)32(2,30)31)6-10-19(14)20-9-5-16(24)13-21(20)23(25,26)27/h3-11,13H,12H2,1-2H3,(H,28,29). The molecule has 168 valence electrons. The second-order valence-corrected chi connectivity index (χ2v) is 9.37. The number of sulfone groups is 1. The average Bonchev–Trinajstić information content (AvgIpc) is 2.67. The van der Waals surface area contributed by atoms with Crippen LogP contribution in [-0.4, -0.2) is 20.6 Å². The van der Waals surface area contributed by atoms with Gasteiger partial charge in [0.1, 0.15) is 5.82 Å². The van der Waals surface area contributed by atoms with Crippen LogP contribution in [0.4, 0.5) is 23.2 Å². The summed E-state index contributed by atoms with van der Waals surface area (Å²) < 4.78 is 76.4. The zero-order valence-corrected chi connectivity index (χ0v) is 17.9. The molecule has 0 aromatic heterocycles. The molecular weight excluding hydrogens is 446 g/mol. The van der Waals surface area contributed by atoms with Gasteiger partial charge < -0.3 is 5.32 Å². The third-order valence-electron chi connectivity index (χ3n) is 4.80. The molecule has 0 heterocycles. The van der Waals surface area contributed by atoms with E-state index in [2.05, 4.69) is 5.32 Å². The fraction of sp³-hybridized carbons (Fsp3) is 0.174. The summed E-state index contributed by atoms with van der Waals surface area (Å²) in [4.78, 5) is 12.5. The molecule has 3 aromatic carbocycles. The SMILES string of the molecule is Cc1cc(NC(=O)Cc2ccc(S(C)(=O)=O)cc2)ccc1-c1ccc(F)cc1C(F)(F)F. The van der Waals surface area contributed by atoms with E-state index in [4.69, 9.17) is 0 Å². The van der Waals surface area contributed by atoms with Crippen LogP contribution in [0.25, 0.3) is 11.1 Å². The summed E-state index contributed by atoms with van der Waals surface area (Å²) in [7, 11) is -3.33. The lowest BCUT2D eigenvalue weighted by molar-refractivity contribution is -0.137. The zero-order valence-electron chi connectivity index (χ0n) is 17.1. The Bertz CT molecular complexity index is 1270. The Morgan fingerprint density at radius 1 is 0.938 bits per heavy atom. The molecule has 0 unspecified atom stereocenters. The van der Waals surface area contributed by atoms with Crippen molar-refractivity contribution in [3.8, 4) is 11.1 Å². The van der Waals surface area contributed by atoms with E-state index in [1.165, 1.54) is 42.5 Å². The van der Waals surface area contributed by atoms with E-state index in [1.807, 2.05) is 0 Å². The number of halogens is 4. The molecule has 3 rings (SSSR count). The third-order valence-corrected chi connectivity index (χ3v) is 5.93. The predicted octanol–water partition coefficient (Wildman–Crippen LogP) is 5.40. The highest BCUT2D eigenvalue weighted by molar-refractivity contribution is 7.90. The largest absolute Gasteiger partial charge is 0.417 e. The van der Waals surface area contributed by atoms with Crippen molar-refractivity contribution in [1.82, 2.24) is 0 Å². The first-order valence-electron chi connectivity index (χ1n) is 9.41. The maximum absolute atomic E-state index is 13.4. The van der Waals surface area contributed by atoms with Gasteiger partial charge in [-0.05, 0) is 65.6 Å². The minimum atomic E-state index is -4.72. The maximum Gasteiger partial charge on any atom is 0.417 e. The van der Waals surface area contributed by atoms with Crippen LogP contribution < -0.4 is 5.32 Å². The Morgan fingerprint density at radius 3 is 2.12 bits per heavy atom. The molecule has 1 N–H and O–H groups in total. The second kappa shape index (κ2) is 8.74. The third kappa shape index (κ3) is 5.53. The van der Waals surface area contributed by atoms with Gasteiger partial charge in [-0.1, -0.05) is 24.3 Å². The lowest BCUT2D eigenvalue weighted by atomic mass is 9.95. The molecular formula is C23H19F4NO3S. The summed E-state index contributed by atoms with van der Waals surface area (Å²) in [6.45, 7) is 1.60. The van der Waals surface area contributed by atoms with Gasteiger partial charge >= 0.3 is 6.18 Å². The van der Waals surface area contributed by atoms with E-state index < -0.39 is 27.4 Å². The van der Waals surface area contributed by atoms with Crippen molar-refractivity contribution in [3.63, 3.8) is 0 Å². The highest BCUT2D eigenvalue weighted by atomic mass is 32.2. The van der Waals surface area contributed by atoms with Gasteiger partial charge in [-0.15, -0.1) is 0 Å². The first-order valence-corrected chi connectivity index (χ1v) is 11.3. The van der Waals surface area contributed by atoms with Gasteiger partial charge in [0.25, 0.3) is 0 Å². The molecule has 0 aliphatic rings.